The SMILES string of the molecule is CCCCC1CCCCN1c1ccc(N(C)C)cc1. The maximum Gasteiger partial charge on any atom is 0.0370 e. The molecule has 0 aromatic heterocycles. The van der Waals surface area contributed by atoms with Gasteiger partial charge >= 0.3 is 0 Å². The van der Waals surface area contributed by atoms with Crippen LogP contribution in [-0.2, 0) is 0 Å². The Hall–Kier alpha value is -1.18. The van der Waals surface area contributed by atoms with Gasteiger partial charge in [0.2, 0.25) is 0 Å². The van der Waals surface area contributed by atoms with Crippen LogP contribution in [0.1, 0.15) is 45.4 Å². The zero-order chi connectivity index (χ0) is 13.7. The van der Waals surface area contributed by atoms with Crippen LogP contribution in [0, 0.1) is 0 Å². The van der Waals surface area contributed by atoms with Gasteiger partial charge < -0.3 is 9.80 Å². The van der Waals surface area contributed by atoms with Gasteiger partial charge in [-0.25, -0.2) is 0 Å². The summed E-state index contributed by atoms with van der Waals surface area (Å²) in [4.78, 5) is 4.80. The summed E-state index contributed by atoms with van der Waals surface area (Å²) in [6.45, 7) is 3.52. The molecule has 19 heavy (non-hydrogen) atoms. The van der Waals surface area contributed by atoms with E-state index in [0.717, 1.165) is 6.04 Å². The van der Waals surface area contributed by atoms with E-state index < -0.39 is 0 Å². The quantitative estimate of drug-likeness (QED) is 0.778. The van der Waals surface area contributed by atoms with Crippen molar-refractivity contribution >= 4 is 11.4 Å². The van der Waals surface area contributed by atoms with Crippen molar-refractivity contribution in [3.05, 3.63) is 24.3 Å². The minimum absolute atomic E-state index is 0.763. The maximum atomic E-state index is 2.64. The molecule has 1 aliphatic heterocycles. The van der Waals surface area contributed by atoms with Crippen LogP contribution in [0.25, 0.3) is 0 Å². The second kappa shape index (κ2) is 6.83. The summed E-state index contributed by atoms with van der Waals surface area (Å²) in [6, 6.07) is 9.82. The van der Waals surface area contributed by atoms with Gasteiger partial charge in [0, 0.05) is 38.1 Å². The molecule has 0 spiro atoms. The highest BCUT2D eigenvalue weighted by molar-refractivity contribution is 5.56. The summed E-state index contributed by atoms with van der Waals surface area (Å²) in [6.07, 6.45) is 8.14. The fraction of sp³-hybridized carbons (Fsp3) is 0.647. The second-order valence-corrected chi connectivity index (χ2v) is 5.90. The molecule has 106 valence electrons. The summed E-state index contributed by atoms with van der Waals surface area (Å²) < 4.78 is 0. The minimum Gasteiger partial charge on any atom is -0.378 e. The first-order valence-electron chi connectivity index (χ1n) is 7.76. The highest BCUT2D eigenvalue weighted by atomic mass is 15.2. The Bertz CT molecular complexity index is 369. The molecule has 0 radical (unpaired) electrons. The van der Waals surface area contributed by atoms with Gasteiger partial charge in [0.15, 0.2) is 0 Å². The van der Waals surface area contributed by atoms with Crippen molar-refractivity contribution in [1.29, 1.82) is 0 Å². The Kier molecular flexibility index (Phi) is 5.12. The van der Waals surface area contributed by atoms with E-state index in [1.807, 2.05) is 0 Å². The average molecular weight is 260 g/mol. The van der Waals surface area contributed by atoms with Crippen LogP contribution in [-0.4, -0.2) is 26.7 Å². The number of rotatable bonds is 5. The molecule has 0 aliphatic carbocycles. The zero-order valence-corrected chi connectivity index (χ0v) is 12.7. The van der Waals surface area contributed by atoms with Crippen LogP contribution >= 0.6 is 0 Å². The smallest absolute Gasteiger partial charge is 0.0370 e. The maximum absolute atomic E-state index is 2.64. The molecule has 1 unspecified atom stereocenters. The molecule has 2 heteroatoms. The van der Waals surface area contributed by atoms with E-state index in [2.05, 4.69) is 55.1 Å². The first-order chi connectivity index (χ1) is 9.22. The van der Waals surface area contributed by atoms with Crippen molar-refractivity contribution in [1.82, 2.24) is 0 Å². The Labute approximate surface area is 118 Å². The largest absolute Gasteiger partial charge is 0.378 e. The lowest BCUT2D eigenvalue weighted by Crippen LogP contribution is -2.39. The first kappa shape index (κ1) is 14.2. The van der Waals surface area contributed by atoms with Crippen LogP contribution in [0.4, 0.5) is 11.4 Å². The molecule has 0 bridgehead atoms. The van der Waals surface area contributed by atoms with Crippen molar-refractivity contribution < 1.29 is 0 Å². The molecule has 0 N–H and O–H groups in total. The van der Waals surface area contributed by atoms with Crippen LogP contribution in [0.2, 0.25) is 0 Å². The lowest BCUT2D eigenvalue weighted by Gasteiger charge is -2.38. The van der Waals surface area contributed by atoms with E-state index in [-0.39, 0.29) is 0 Å². The number of nitrogens with zero attached hydrogens (tertiary/aromatic N) is 2. The molecule has 1 aliphatic rings. The van der Waals surface area contributed by atoms with E-state index >= 15 is 0 Å². The van der Waals surface area contributed by atoms with Gasteiger partial charge in [-0.15, -0.1) is 0 Å². The fourth-order valence-electron chi connectivity index (χ4n) is 3.02. The van der Waals surface area contributed by atoms with Crippen LogP contribution in [0.3, 0.4) is 0 Å². The molecule has 1 aromatic carbocycles. The standard InChI is InChI=1S/C17H28N2/c1-4-5-8-16-9-6-7-14-19(16)17-12-10-15(11-13-17)18(2)3/h10-13,16H,4-9,14H2,1-3H3. The van der Waals surface area contributed by atoms with Crippen LogP contribution < -0.4 is 9.80 Å². The van der Waals surface area contributed by atoms with Crippen molar-refractivity contribution in [2.75, 3.05) is 30.4 Å². The molecular weight excluding hydrogens is 232 g/mol. The zero-order valence-electron chi connectivity index (χ0n) is 12.7. The summed E-state index contributed by atoms with van der Waals surface area (Å²) >= 11 is 0. The Morgan fingerprint density at radius 3 is 2.53 bits per heavy atom. The molecule has 1 fully saturated rings. The van der Waals surface area contributed by atoms with Crippen molar-refractivity contribution in [2.24, 2.45) is 0 Å². The van der Waals surface area contributed by atoms with E-state index in [1.54, 1.807) is 0 Å². The van der Waals surface area contributed by atoms with Crippen molar-refractivity contribution in [2.45, 2.75) is 51.5 Å². The van der Waals surface area contributed by atoms with Crippen molar-refractivity contribution in [3.63, 3.8) is 0 Å². The highest BCUT2D eigenvalue weighted by Crippen LogP contribution is 2.28. The number of piperidine rings is 1. The third-order valence-corrected chi connectivity index (χ3v) is 4.22. The van der Waals surface area contributed by atoms with Crippen molar-refractivity contribution in [3.8, 4) is 0 Å². The topological polar surface area (TPSA) is 6.48 Å². The molecule has 1 atom stereocenters. The molecule has 0 saturated carbocycles. The van der Waals surface area contributed by atoms with Crippen LogP contribution in [0.15, 0.2) is 24.3 Å². The Balaban J connectivity index is 2.08. The van der Waals surface area contributed by atoms with Gasteiger partial charge in [-0.2, -0.15) is 0 Å². The Morgan fingerprint density at radius 2 is 1.89 bits per heavy atom. The molecule has 0 amide bonds. The van der Waals surface area contributed by atoms with Crippen LogP contribution in [0.5, 0.6) is 0 Å². The highest BCUT2D eigenvalue weighted by Gasteiger charge is 2.21. The molecule has 2 rings (SSSR count). The fourth-order valence-corrected chi connectivity index (χ4v) is 3.02. The number of anilines is 2. The van der Waals surface area contributed by atoms with Gasteiger partial charge in [-0.3, -0.25) is 0 Å². The number of benzene rings is 1. The molecule has 2 nitrogen and oxygen atoms in total. The summed E-state index contributed by atoms with van der Waals surface area (Å²) in [5.41, 5.74) is 2.69. The summed E-state index contributed by atoms with van der Waals surface area (Å²) in [7, 11) is 4.19. The summed E-state index contributed by atoms with van der Waals surface area (Å²) in [5, 5.41) is 0. The third-order valence-electron chi connectivity index (χ3n) is 4.22. The van der Waals surface area contributed by atoms with E-state index in [4.69, 9.17) is 0 Å². The first-order valence-corrected chi connectivity index (χ1v) is 7.76. The van der Waals surface area contributed by atoms with Gasteiger partial charge in [-0.1, -0.05) is 19.8 Å². The lowest BCUT2D eigenvalue weighted by atomic mass is 9.96. The second-order valence-electron chi connectivity index (χ2n) is 5.90. The normalized spacial score (nSPS) is 19.5. The lowest BCUT2D eigenvalue weighted by molar-refractivity contribution is 0.427. The predicted octanol–water partition coefficient (Wildman–Crippen LogP) is 4.30. The Morgan fingerprint density at radius 1 is 1.16 bits per heavy atom. The van der Waals surface area contributed by atoms with E-state index in [1.165, 1.54) is 56.4 Å². The monoisotopic (exact) mass is 260 g/mol. The minimum atomic E-state index is 0.763. The van der Waals surface area contributed by atoms with E-state index in [9.17, 15) is 0 Å². The number of unbranched alkanes of at least 4 members (excludes halogenated alkanes) is 1. The predicted molar refractivity (Wildman–Crippen MR) is 85.3 cm³/mol. The van der Waals surface area contributed by atoms with Gasteiger partial charge in [-0.05, 0) is 49.9 Å². The molecule has 1 aromatic rings. The molecule has 1 saturated heterocycles. The molecule has 1 heterocycles. The van der Waals surface area contributed by atoms with Gasteiger partial charge in [0.25, 0.3) is 0 Å². The van der Waals surface area contributed by atoms with Gasteiger partial charge in [0.1, 0.15) is 0 Å². The molecular formula is C17H28N2. The number of hydrogen-bond acceptors (Lipinski definition) is 2. The van der Waals surface area contributed by atoms with Gasteiger partial charge in [0.05, 0.1) is 0 Å². The average Bonchev–Trinajstić information content (AvgIpc) is 2.45. The van der Waals surface area contributed by atoms with E-state index in [0.29, 0.717) is 0 Å². The summed E-state index contributed by atoms with van der Waals surface area (Å²) in [5.74, 6) is 0. The third kappa shape index (κ3) is 3.65. The number of hydrogen-bond donors (Lipinski definition) is 0.